The summed E-state index contributed by atoms with van der Waals surface area (Å²) < 4.78 is 10.3. The van der Waals surface area contributed by atoms with Crippen molar-refractivity contribution >= 4 is 0 Å². The van der Waals surface area contributed by atoms with Gasteiger partial charge in [0.1, 0.15) is 0 Å². The smallest absolute Gasteiger partial charge is 0.0928 e. The zero-order chi connectivity index (χ0) is 11.1. The molecule has 0 spiro atoms. The standard InChI is InChI=1S/C11H24N2O2/c1-14-9-10(15-2)8-13-7-6-11(12)4-3-5-11/h10,13H,3-9,12H2,1-2H3. The minimum absolute atomic E-state index is 0.122. The van der Waals surface area contributed by atoms with Crippen molar-refractivity contribution in [3.05, 3.63) is 0 Å². The monoisotopic (exact) mass is 216 g/mol. The molecule has 4 nitrogen and oxygen atoms in total. The van der Waals surface area contributed by atoms with Crippen molar-refractivity contribution in [3.8, 4) is 0 Å². The number of nitrogens with one attached hydrogen (secondary N) is 1. The minimum Gasteiger partial charge on any atom is -0.382 e. The Morgan fingerprint density at radius 3 is 2.60 bits per heavy atom. The average molecular weight is 216 g/mol. The van der Waals surface area contributed by atoms with Gasteiger partial charge in [-0.25, -0.2) is 0 Å². The Morgan fingerprint density at radius 2 is 2.13 bits per heavy atom. The predicted molar refractivity (Wildman–Crippen MR) is 60.9 cm³/mol. The van der Waals surface area contributed by atoms with Gasteiger partial charge in [0, 0.05) is 26.3 Å². The number of hydrogen-bond acceptors (Lipinski definition) is 4. The highest BCUT2D eigenvalue weighted by Gasteiger charge is 2.31. The molecule has 1 aliphatic carbocycles. The molecule has 0 aromatic carbocycles. The van der Waals surface area contributed by atoms with Gasteiger partial charge in [0.25, 0.3) is 0 Å². The van der Waals surface area contributed by atoms with E-state index in [1.165, 1.54) is 19.3 Å². The minimum atomic E-state index is 0.122. The molecule has 1 saturated carbocycles. The number of nitrogens with two attached hydrogens (primary N) is 1. The van der Waals surface area contributed by atoms with Crippen molar-refractivity contribution < 1.29 is 9.47 Å². The fraction of sp³-hybridized carbons (Fsp3) is 1.00. The molecule has 0 radical (unpaired) electrons. The Labute approximate surface area is 92.5 Å². The Bertz CT molecular complexity index is 172. The summed E-state index contributed by atoms with van der Waals surface area (Å²) in [6, 6.07) is 0. The lowest BCUT2D eigenvalue weighted by atomic mass is 9.75. The van der Waals surface area contributed by atoms with E-state index in [2.05, 4.69) is 5.32 Å². The molecule has 15 heavy (non-hydrogen) atoms. The molecule has 0 bridgehead atoms. The highest BCUT2D eigenvalue weighted by Crippen LogP contribution is 2.31. The fourth-order valence-electron chi connectivity index (χ4n) is 1.88. The van der Waals surface area contributed by atoms with Crippen molar-refractivity contribution in [2.45, 2.75) is 37.3 Å². The maximum Gasteiger partial charge on any atom is 0.0928 e. The van der Waals surface area contributed by atoms with Gasteiger partial charge in [-0.05, 0) is 32.2 Å². The van der Waals surface area contributed by atoms with E-state index in [-0.39, 0.29) is 11.6 Å². The van der Waals surface area contributed by atoms with Gasteiger partial charge in [-0.3, -0.25) is 0 Å². The van der Waals surface area contributed by atoms with Crippen LogP contribution in [0.3, 0.4) is 0 Å². The molecule has 90 valence electrons. The first-order valence-electron chi connectivity index (χ1n) is 5.71. The summed E-state index contributed by atoms with van der Waals surface area (Å²) in [7, 11) is 3.40. The van der Waals surface area contributed by atoms with Crippen molar-refractivity contribution in [1.29, 1.82) is 0 Å². The van der Waals surface area contributed by atoms with E-state index >= 15 is 0 Å². The van der Waals surface area contributed by atoms with Gasteiger partial charge in [0.15, 0.2) is 0 Å². The van der Waals surface area contributed by atoms with Crippen LogP contribution in [0.4, 0.5) is 0 Å². The van der Waals surface area contributed by atoms with Gasteiger partial charge >= 0.3 is 0 Å². The molecular formula is C11H24N2O2. The van der Waals surface area contributed by atoms with Gasteiger partial charge in [-0.1, -0.05) is 0 Å². The molecule has 1 rings (SSSR count). The number of ether oxygens (including phenoxy) is 2. The lowest BCUT2D eigenvalue weighted by molar-refractivity contribution is 0.0286. The third-order valence-corrected chi connectivity index (χ3v) is 3.21. The van der Waals surface area contributed by atoms with Crippen molar-refractivity contribution in [1.82, 2.24) is 5.32 Å². The second-order valence-electron chi connectivity index (χ2n) is 4.48. The van der Waals surface area contributed by atoms with Gasteiger partial charge in [0.2, 0.25) is 0 Å². The highest BCUT2D eigenvalue weighted by molar-refractivity contribution is 4.92. The number of hydrogen-bond donors (Lipinski definition) is 2. The van der Waals surface area contributed by atoms with Crippen LogP contribution in [0.5, 0.6) is 0 Å². The van der Waals surface area contributed by atoms with Gasteiger partial charge in [0.05, 0.1) is 12.7 Å². The first kappa shape index (κ1) is 12.9. The van der Waals surface area contributed by atoms with Crippen LogP contribution in [0.15, 0.2) is 0 Å². The normalized spacial score (nSPS) is 21.0. The number of rotatable bonds is 8. The van der Waals surface area contributed by atoms with E-state index in [1.54, 1.807) is 14.2 Å². The Balaban J connectivity index is 1.99. The highest BCUT2D eigenvalue weighted by atomic mass is 16.5. The lowest BCUT2D eigenvalue weighted by Crippen LogP contribution is -2.48. The molecule has 1 fully saturated rings. The van der Waals surface area contributed by atoms with Gasteiger partial charge in [-0.15, -0.1) is 0 Å². The quantitative estimate of drug-likeness (QED) is 0.580. The Kier molecular flexibility index (Phi) is 5.53. The van der Waals surface area contributed by atoms with E-state index in [9.17, 15) is 0 Å². The van der Waals surface area contributed by atoms with Crippen LogP contribution in [0, 0.1) is 0 Å². The van der Waals surface area contributed by atoms with Gasteiger partial charge < -0.3 is 20.5 Å². The van der Waals surface area contributed by atoms with Crippen molar-refractivity contribution in [2.24, 2.45) is 5.73 Å². The fourth-order valence-corrected chi connectivity index (χ4v) is 1.88. The zero-order valence-corrected chi connectivity index (χ0v) is 9.92. The molecular weight excluding hydrogens is 192 g/mol. The summed E-state index contributed by atoms with van der Waals surface area (Å²) in [4.78, 5) is 0. The molecule has 4 heteroatoms. The third-order valence-electron chi connectivity index (χ3n) is 3.21. The van der Waals surface area contributed by atoms with Crippen LogP contribution in [-0.2, 0) is 9.47 Å². The summed E-state index contributed by atoms with van der Waals surface area (Å²) in [6.07, 6.45) is 4.86. The topological polar surface area (TPSA) is 56.5 Å². The lowest BCUT2D eigenvalue weighted by Gasteiger charge is -2.38. The maximum atomic E-state index is 6.11. The van der Waals surface area contributed by atoms with Crippen molar-refractivity contribution in [3.63, 3.8) is 0 Å². The van der Waals surface area contributed by atoms with E-state index in [0.29, 0.717) is 6.61 Å². The Morgan fingerprint density at radius 1 is 1.40 bits per heavy atom. The summed E-state index contributed by atoms with van der Waals surface area (Å²) >= 11 is 0. The molecule has 1 aliphatic rings. The molecule has 0 aromatic rings. The summed E-state index contributed by atoms with van der Waals surface area (Å²) in [5, 5.41) is 3.36. The second-order valence-corrected chi connectivity index (χ2v) is 4.48. The molecule has 1 unspecified atom stereocenters. The molecule has 0 aromatic heterocycles. The molecule has 0 aliphatic heterocycles. The SMILES string of the molecule is COCC(CNCCC1(N)CCC1)OC. The first-order chi connectivity index (χ1) is 7.20. The van der Waals surface area contributed by atoms with E-state index in [0.717, 1.165) is 19.5 Å². The largest absolute Gasteiger partial charge is 0.382 e. The van der Waals surface area contributed by atoms with Crippen molar-refractivity contribution in [2.75, 3.05) is 33.9 Å². The van der Waals surface area contributed by atoms with Crippen LogP contribution in [-0.4, -0.2) is 45.6 Å². The molecule has 1 atom stereocenters. The second kappa shape index (κ2) is 6.43. The maximum absolute atomic E-state index is 6.11. The molecule has 3 N–H and O–H groups in total. The van der Waals surface area contributed by atoms with Gasteiger partial charge in [-0.2, -0.15) is 0 Å². The van der Waals surface area contributed by atoms with E-state index in [1.807, 2.05) is 0 Å². The first-order valence-corrected chi connectivity index (χ1v) is 5.71. The van der Waals surface area contributed by atoms with Crippen LogP contribution in [0.1, 0.15) is 25.7 Å². The average Bonchev–Trinajstić information content (AvgIpc) is 2.20. The molecule has 0 amide bonds. The van der Waals surface area contributed by atoms with E-state index in [4.69, 9.17) is 15.2 Å². The van der Waals surface area contributed by atoms with Crippen LogP contribution in [0.2, 0.25) is 0 Å². The number of methoxy groups -OCH3 is 2. The molecule has 0 heterocycles. The summed E-state index contributed by atoms with van der Waals surface area (Å²) in [5.74, 6) is 0. The zero-order valence-electron chi connectivity index (χ0n) is 9.92. The van der Waals surface area contributed by atoms with Crippen LogP contribution < -0.4 is 11.1 Å². The van der Waals surface area contributed by atoms with E-state index < -0.39 is 0 Å². The van der Waals surface area contributed by atoms with Crippen LogP contribution in [0.25, 0.3) is 0 Å². The molecule has 0 saturated heterocycles. The third kappa shape index (κ3) is 4.47. The van der Waals surface area contributed by atoms with Crippen LogP contribution >= 0.6 is 0 Å². The Hall–Kier alpha value is -0.160. The summed E-state index contributed by atoms with van der Waals surface area (Å²) in [6.45, 7) is 2.44. The predicted octanol–water partition coefficient (Wildman–Crippen LogP) is 0.509. The summed E-state index contributed by atoms with van der Waals surface area (Å²) in [5.41, 5.74) is 6.24.